The van der Waals surface area contributed by atoms with Crippen molar-refractivity contribution >= 4 is 11.8 Å². The quantitative estimate of drug-likeness (QED) is 0.622. The Morgan fingerprint density at radius 3 is 2.58 bits per heavy atom. The Bertz CT molecular complexity index is 509. The molecule has 4 rings (SSSR count). The SMILES string of the molecule is COC(=O)N1[C@H]2C=C[C@@H](CC2)[C@@H]1c1ccc(N)cc1. The van der Waals surface area contributed by atoms with Crippen LogP contribution in [0.5, 0.6) is 0 Å². The van der Waals surface area contributed by atoms with Gasteiger partial charge in [-0.15, -0.1) is 0 Å². The van der Waals surface area contributed by atoms with Gasteiger partial charge in [0.15, 0.2) is 0 Å². The van der Waals surface area contributed by atoms with E-state index < -0.39 is 0 Å². The van der Waals surface area contributed by atoms with Crippen LogP contribution < -0.4 is 5.73 Å². The predicted molar refractivity (Wildman–Crippen MR) is 73.5 cm³/mol. The first-order valence-corrected chi connectivity index (χ1v) is 6.61. The fourth-order valence-corrected chi connectivity index (χ4v) is 3.19. The molecule has 0 radical (unpaired) electrons. The van der Waals surface area contributed by atoms with Gasteiger partial charge in [-0.2, -0.15) is 0 Å². The molecule has 2 N–H and O–H groups in total. The van der Waals surface area contributed by atoms with E-state index in [9.17, 15) is 4.79 Å². The van der Waals surface area contributed by atoms with E-state index in [1.54, 1.807) is 0 Å². The minimum atomic E-state index is -0.249. The molecule has 4 heteroatoms. The van der Waals surface area contributed by atoms with Gasteiger partial charge >= 0.3 is 6.09 Å². The van der Waals surface area contributed by atoms with Crippen LogP contribution in [0.4, 0.5) is 10.5 Å². The van der Waals surface area contributed by atoms with Crippen molar-refractivity contribution < 1.29 is 9.53 Å². The second-order valence-electron chi connectivity index (χ2n) is 5.18. The van der Waals surface area contributed by atoms with Crippen LogP contribution in [-0.4, -0.2) is 24.1 Å². The number of nitrogens with zero attached hydrogens (tertiary/aromatic N) is 1. The molecule has 100 valence electrons. The number of anilines is 1. The number of amides is 1. The van der Waals surface area contributed by atoms with Crippen LogP contribution in [0.15, 0.2) is 36.4 Å². The molecule has 1 saturated heterocycles. The molecule has 3 aliphatic rings. The zero-order valence-corrected chi connectivity index (χ0v) is 11.0. The number of fused-ring (bicyclic) bond motifs is 2. The predicted octanol–water partition coefficient (Wildman–Crippen LogP) is 2.73. The first-order chi connectivity index (χ1) is 9.20. The van der Waals surface area contributed by atoms with Crippen molar-refractivity contribution in [2.24, 2.45) is 5.92 Å². The molecule has 19 heavy (non-hydrogen) atoms. The van der Waals surface area contributed by atoms with Gasteiger partial charge in [0.05, 0.1) is 19.2 Å². The zero-order chi connectivity index (χ0) is 13.4. The van der Waals surface area contributed by atoms with Gasteiger partial charge < -0.3 is 10.5 Å². The summed E-state index contributed by atoms with van der Waals surface area (Å²) < 4.78 is 4.95. The topological polar surface area (TPSA) is 55.6 Å². The van der Waals surface area contributed by atoms with Gasteiger partial charge in [0.1, 0.15) is 0 Å². The summed E-state index contributed by atoms with van der Waals surface area (Å²) in [6.07, 6.45) is 6.24. The summed E-state index contributed by atoms with van der Waals surface area (Å²) in [6, 6.07) is 8.00. The Balaban J connectivity index is 1.99. The maximum Gasteiger partial charge on any atom is 0.410 e. The lowest BCUT2D eigenvalue weighted by atomic mass is 9.77. The Morgan fingerprint density at radius 2 is 2.00 bits per heavy atom. The van der Waals surface area contributed by atoms with E-state index in [0.29, 0.717) is 5.92 Å². The summed E-state index contributed by atoms with van der Waals surface area (Å²) in [5.41, 5.74) is 7.60. The fraction of sp³-hybridized carbons (Fsp3) is 0.400. The Morgan fingerprint density at radius 1 is 1.26 bits per heavy atom. The highest BCUT2D eigenvalue weighted by molar-refractivity contribution is 5.70. The molecule has 0 aromatic heterocycles. The fourth-order valence-electron chi connectivity index (χ4n) is 3.19. The third-order valence-corrected chi connectivity index (χ3v) is 4.10. The van der Waals surface area contributed by atoms with E-state index in [2.05, 4.69) is 12.2 Å². The second kappa shape index (κ2) is 4.61. The molecule has 0 saturated carbocycles. The number of hydrogen-bond donors (Lipinski definition) is 1. The number of carbonyl (C=O) groups excluding carboxylic acids is 1. The number of benzene rings is 1. The van der Waals surface area contributed by atoms with Crippen LogP contribution >= 0.6 is 0 Å². The largest absolute Gasteiger partial charge is 0.453 e. The molecule has 2 aliphatic heterocycles. The molecule has 4 nitrogen and oxygen atoms in total. The van der Waals surface area contributed by atoms with Gasteiger partial charge in [-0.25, -0.2) is 4.79 Å². The smallest absolute Gasteiger partial charge is 0.410 e. The number of nitrogens with two attached hydrogens (primary N) is 1. The number of ether oxygens (including phenoxy) is 1. The van der Waals surface area contributed by atoms with Gasteiger partial charge in [0.2, 0.25) is 0 Å². The van der Waals surface area contributed by atoms with Gasteiger partial charge in [0, 0.05) is 11.6 Å². The highest BCUT2D eigenvalue weighted by Crippen LogP contribution is 2.44. The minimum Gasteiger partial charge on any atom is -0.453 e. The highest BCUT2D eigenvalue weighted by Gasteiger charge is 2.42. The molecule has 1 amide bonds. The van der Waals surface area contributed by atoms with E-state index >= 15 is 0 Å². The van der Waals surface area contributed by atoms with Crippen LogP contribution in [0.1, 0.15) is 24.4 Å². The first-order valence-electron chi connectivity index (χ1n) is 6.61. The molecule has 2 bridgehead atoms. The van der Waals surface area contributed by atoms with Gasteiger partial charge in [-0.3, -0.25) is 4.90 Å². The monoisotopic (exact) mass is 258 g/mol. The van der Waals surface area contributed by atoms with Crippen LogP contribution in [0, 0.1) is 5.92 Å². The minimum absolute atomic E-state index is 0.0665. The van der Waals surface area contributed by atoms with E-state index in [4.69, 9.17) is 10.5 Å². The molecular formula is C15H18N2O2. The van der Waals surface area contributed by atoms with Crippen molar-refractivity contribution in [2.45, 2.75) is 24.9 Å². The average molecular weight is 258 g/mol. The van der Waals surface area contributed by atoms with Crippen molar-refractivity contribution in [3.05, 3.63) is 42.0 Å². The second-order valence-corrected chi connectivity index (χ2v) is 5.18. The Labute approximate surface area is 112 Å². The maximum absolute atomic E-state index is 12.1. The van der Waals surface area contributed by atoms with E-state index in [1.807, 2.05) is 29.2 Å². The zero-order valence-electron chi connectivity index (χ0n) is 11.0. The summed E-state index contributed by atoms with van der Waals surface area (Å²) in [4.78, 5) is 13.9. The number of piperidine rings is 1. The third kappa shape index (κ3) is 1.97. The number of nitrogen functional groups attached to an aromatic ring is 1. The van der Waals surface area contributed by atoms with E-state index in [-0.39, 0.29) is 18.2 Å². The number of rotatable bonds is 1. The highest BCUT2D eigenvalue weighted by atomic mass is 16.5. The molecule has 1 aliphatic carbocycles. The summed E-state index contributed by atoms with van der Waals surface area (Å²) in [5, 5.41) is 0. The van der Waals surface area contributed by atoms with Crippen LogP contribution in [0.25, 0.3) is 0 Å². The number of carbonyl (C=O) groups is 1. The van der Waals surface area contributed by atoms with Crippen molar-refractivity contribution in [3.8, 4) is 0 Å². The molecule has 2 heterocycles. The number of hydrogen-bond acceptors (Lipinski definition) is 3. The lowest BCUT2D eigenvalue weighted by Crippen LogP contribution is -2.50. The van der Waals surface area contributed by atoms with Crippen molar-refractivity contribution in [1.82, 2.24) is 4.90 Å². The molecule has 0 spiro atoms. The normalized spacial score (nSPS) is 28.5. The van der Waals surface area contributed by atoms with E-state index in [0.717, 1.165) is 24.1 Å². The third-order valence-electron chi connectivity index (χ3n) is 4.10. The molecule has 0 unspecified atom stereocenters. The Kier molecular flexibility index (Phi) is 2.93. The number of methoxy groups -OCH3 is 1. The molecule has 1 aromatic rings. The lowest BCUT2D eigenvalue weighted by Gasteiger charge is -2.47. The van der Waals surface area contributed by atoms with Crippen LogP contribution in [0.2, 0.25) is 0 Å². The summed E-state index contributed by atoms with van der Waals surface area (Å²) in [6.45, 7) is 0. The lowest BCUT2D eigenvalue weighted by molar-refractivity contribution is 0.0475. The van der Waals surface area contributed by atoms with Gasteiger partial charge in [0.25, 0.3) is 0 Å². The van der Waals surface area contributed by atoms with E-state index in [1.165, 1.54) is 7.11 Å². The molecule has 3 atom stereocenters. The summed E-state index contributed by atoms with van der Waals surface area (Å²) >= 11 is 0. The maximum atomic E-state index is 12.1. The first kappa shape index (κ1) is 12.1. The van der Waals surface area contributed by atoms with Crippen LogP contribution in [-0.2, 0) is 4.74 Å². The van der Waals surface area contributed by atoms with Crippen LogP contribution in [0.3, 0.4) is 0 Å². The average Bonchev–Trinajstić information content (AvgIpc) is 2.47. The van der Waals surface area contributed by atoms with Gasteiger partial charge in [-0.1, -0.05) is 24.3 Å². The Hall–Kier alpha value is -1.97. The summed E-state index contributed by atoms with van der Waals surface area (Å²) in [7, 11) is 1.44. The molecule has 1 fully saturated rings. The molecule has 1 aromatic carbocycles. The molecular weight excluding hydrogens is 240 g/mol. The standard InChI is InChI=1S/C15H18N2O2/c1-19-15(18)17-13-8-4-11(5-9-13)14(17)10-2-6-12(16)7-3-10/h2-4,6-8,11,13-14H,5,9,16H2,1H3/t11-,13-,14-/m0/s1. The van der Waals surface area contributed by atoms with Gasteiger partial charge in [-0.05, 0) is 30.5 Å². The summed E-state index contributed by atoms with van der Waals surface area (Å²) in [5.74, 6) is 0.368. The van der Waals surface area contributed by atoms with Crippen molar-refractivity contribution in [2.75, 3.05) is 12.8 Å². The van der Waals surface area contributed by atoms with Crippen molar-refractivity contribution in [3.63, 3.8) is 0 Å². The van der Waals surface area contributed by atoms with Crippen molar-refractivity contribution in [1.29, 1.82) is 0 Å².